The Morgan fingerprint density at radius 2 is 1.80 bits per heavy atom. The molecule has 1 aromatic heterocycles. The van der Waals surface area contributed by atoms with Crippen LogP contribution in [0.4, 0.5) is 5.69 Å². The summed E-state index contributed by atoms with van der Waals surface area (Å²) in [5, 5.41) is 0.476. The number of anilines is 1. The highest BCUT2D eigenvalue weighted by molar-refractivity contribution is 9.10. The molecule has 0 N–H and O–H groups in total. The average Bonchev–Trinajstić information content (AvgIpc) is 3.13. The molecule has 1 unspecified atom stereocenters. The topological polar surface area (TPSA) is 59.8 Å². The quantitative estimate of drug-likeness (QED) is 0.267. The predicted molar refractivity (Wildman–Crippen MR) is 141 cm³/mol. The molecule has 35 heavy (non-hydrogen) atoms. The number of nitrogens with zero attached hydrogens (tertiary/aromatic N) is 1. The van der Waals surface area contributed by atoms with Gasteiger partial charge in [0.2, 0.25) is 5.76 Å². The number of hydrogen-bond acceptors (Lipinski definition) is 4. The van der Waals surface area contributed by atoms with Crippen molar-refractivity contribution in [2.75, 3.05) is 11.5 Å². The van der Waals surface area contributed by atoms with Crippen molar-refractivity contribution in [1.82, 2.24) is 0 Å². The van der Waals surface area contributed by atoms with Crippen molar-refractivity contribution >= 4 is 38.5 Å². The van der Waals surface area contributed by atoms with Crippen LogP contribution >= 0.6 is 15.9 Å². The summed E-state index contributed by atoms with van der Waals surface area (Å²) in [6, 6.07) is 19.9. The molecule has 1 atom stereocenters. The zero-order chi connectivity index (χ0) is 24.7. The summed E-state index contributed by atoms with van der Waals surface area (Å²) < 4.78 is 13.0. The lowest BCUT2D eigenvalue weighted by Gasteiger charge is -2.25. The first-order chi connectivity index (χ1) is 16.8. The minimum Gasteiger partial charge on any atom is -0.494 e. The van der Waals surface area contributed by atoms with Crippen LogP contribution in [-0.2, 0) is 0 Å². The van der Waals surface area contributed by atoms with Gasteiger partial charge >= 0.3 is 0 Å². The minimum absolute atomic E-state index is 0.0883. The van der Waals surface area contributed by atoms with Crippen molar-refractivity contribution < 1.29 is 13.9 Å². The Kier molecular flexibility index (Phi) is 6.24. The molecule has 3 aromatic carbocycles. The maximum absolute atomic E-state index is 13.8. The van der Waals surface area contributed by atoms with Crippen molar-refractivity contribution in [3.8, 4) is 5.75 Å². The predicted octanol–water partition coefficient (Wildman–Crippen LogP) is 7.04. The number of amides is 1. The maximum Gasteiger partial charge on any atom is 0.295 e. The van der Waals surface area contributed by atoms with Crippen LogP contribution in [0.2, 0.25) is 0 Å². The fraction of sp³-hybridized carbons (Fsp3) is 0.241. The van der Waals surface area contributed by atoms with E-state index in [-0.39, 0.29) is 17.1 Å². The van der Waals surface area contributed by atoms with Gasteiger partial charge in [0.1, 0.15) is 11.3 Å². The van der Waals surface area contributed by atoms with Gasteiger partial charge in [-0.2, -0.15) is 0 Å². The zero-order valence-electron chi connectivity index (χ0n) is 19.9. The first-order valence-corrected chi connectivity index (χ1v) is 12.5. The van der Waals surface area contributed by atoms with E-state index in [0.717, 1.165) is 22.0 Å². The molecule has 5 nitrogen and oxygen atoms in total. The summed E-state index contributed by atoms with van der Waals surface area (Å²) in [5.74, 6) is 0.996. The second kappa shape index (κ2) is 9.34. The third-order valence-corrected chi connectivity index (χ3v) is 6.80. The molecule has 4 aromatic rings. The molecule has 6 heteroatoms. The molecule has 0 aliphatic carbocycles. The van der Waals surface area contributed by atoms with Crippen molar-refractivity contribution in [3.05, 3.63) is 104 Å². The van der Waals surface area contributed by atoms with E-state index in [1.165, 1.54) is 0 Å². The Morgan fingerprint density at radius 1 is 1.03 bits per heavy atom. The summed E-state index contributed by atoms with van der Waals surface area (Å²) >= 11 is 3.46. The molecule has 0 fully saturated rings. The Hall–Kier alpha value is -3.38. The molecule has 1 aliphatic rings. The van der Waals surface area contributed by atoms with Crippen molar-refractivity contribution in [3.63, 3.8) is 0 Å². The third-order valence-electron chi connectivity index (χ3n) is 6.27. The molecular weight excluding hydrogens is 506 g/mol. The molecule has 2 heterocycles. The third kappa shape index (κ3) is 4.39. The van der Waals surface area contributed by atoms with Gasteiger partial charge in [0.05, 0.1) is 23.6 Å². The van der Waals surface area contributed by atoms with Crippen LogP contribution in [0.3, 0.4) is 0 Å². The minimum atomic E-state index is -0.631. The number of rotatable bonds is 6. The monoisotopic (exact) mass is 531 g/mol. The standard InChI is InChI=1S/C29H26BrNO4/c1-17(2)13-14-34-22-6-4-5-19(16-22)26-25-27(32)23-15-18(3)7-12-24(23)35-28(25)29(33)31(26)21-10-8-20(30)9-11-21/h4-12,15-17,26H,13-14H2,1-3H3. The van der Waals surface area contributed by atoms with Crippen LogP contribution in [-0.4, -0.2) is 12.5 Å². The van der Waals surface area contributed by atoms with Crippen LogP contribution in [0.25, 0.3) is 11.0 Å². The molecule has 0 saturated carbocycles. The normalized spacial score (nSPS) is 15.2. The average molecular weight is 532 g/mol. The number of carbonyl (C=O) groups excluding carboxylic acids is 1. The van der Waals surface area contributed by atoms with E-state index in [4.69, 9.17) is 9.15 Å². The summed E-state index contributed by atoms with van der Waals surface area (Å²) in [4.78, 5) is 29.1. The van der Waals surface area contributed by atoms with E-state index in [2.05, 4.69) is 29.8 Å². The smallest absolute Gasteiger partial charge is 0.295 e. The summed E-state index contributed by atoms with van der Waals surface area (Å²) in [7, 11) is 0. The van der Waals surface area contributed by atoms with E-state index >= 15 is 0 Å². The lowest BCUT2D eigenvalue weighted by atomic mass is 9.97. The molecule has 0 bridgehead atoms. The van der Waals surface area contributed by atoms with Crippen LogP contribution in [0.1, 0.15) is 53.6 Å². The van der Waals surface area contributed by atoms with Crippen LogP contribution < -0.4 is 15.1 Å². The largest absolute Gasteiger partial charge is 0.494 e. The molecule has 1 aliphatic heterocycles. The SMILES string of the molecule is Cc1ccc2oc3c(c(=O)c2c1)C(c1cccc(OCCC(C)C)c1)N(c1ccc(Br)cc1)C3=O. The van der Waals surface area contributed by atoms with Crippen molar-refractivity contribution in [2.45, 2.75) is 33.2 Å². The van der Waals surface area contributed by atoms with Gasteiger partial charge in [-0.05, 0) is 73.4 Å². The molecule has 0 radical (unpaired) electrons. The number of hydrogen-bond donors (Lipinski definition) is 0. The molecule has 1 amide bonds. The molecule has 0 spiro atoms. The Labute approximate surface area is 212 Å². The summed E-state index contributed by atoms with van der Waals surface area (Å²) in [6.45, 7) is 6.84. The highest BCUT2D eigenvalue weighted by Crippen LogP contribution is 2.42. The molecular formula is C29H26BrNO4. The van der Waals surface area contributed by atoms with Gasteiger partial charge in [-0.15, -0.1) is 0 Å². The molecule has 5 rings (SSSR count). The fourth-order valence-corrected chi connectivity index (χ4v) is 4.72. The van der Waals surface area contributed by atoms with Gasteiger partial charge in [-0.25, -0.2) is 0 Å². The number of halogens is 1. The van der Waals surface area contributed by atoms with Gasteiger partial charge < -0.3 is 9.15 Å². The lowest BCUT2D eigenvalue weighted by Crippen LogP contribution is -2.29. The van der Waals surface area contributed by atoms with E-state index < -0.39 is 6.04 Å². The first kappa shape index (κ1) is 23.4. The first-order valence-electron chi connectivity index (χ1n) is 11.7. The number of fused-ring (bicyclic) bond motifs is 2. The lowest BCUT2D eigenvalue weighted by molar-refractivity contribution is 0.0971. The Balaban J connectivity index is 1.68. The Bertz CT molecular complexity index is 1470. The van der Waals surface area contributed by atoms with Crippen LogP contribution in [0.5, 0.6) is 5.75 Å². The van der Waals surface area contributed by atoms with E-state index in [1.807, 2.05) is 67.6 Å². The zero-order valence-corrected chi connectivity index (χ0v) is 21.5. The summed E-state index contributed by atoms with van der Waals surface area (Å²) in [6.07, 6.45) is 0.939. The maximum atomic E-state index is 13.8. The number of aryl methyl sites for hydroxylation is 1. The second-order valence-corrected chi connectivity index (χ2v) is 10.2. The van der Waals surface area contributed by atoms with Gasteiger partial charge in [-0.3, -0.25) is 14.5 Å². The Morgan fingerprint density at radius 3 is 2.54 bits per heavy atom. The van der Waals surface area contributed by atoms with Crippen LogP contribution in [0.15, 0.2) is 80.4 Å². The number of benzene rings is 3. The van der Waals surface area contributed by atoms with E-state index in [9.17, 15) is 9.59 Å². The van der Waals surface area contributed by atoms with Crippen molar-refractivity contribution in [2.24, 2.45) is 5.92 Å². The second-order valence-electron chi connectivity index (χ2n) is 9.33. The number of ether oxygens (including phenoxy) is 1. The molecule has 0 saturated heterocycles. The van der Waals surface area contributed by atoms with E-state index in [1.54, 1.807) is 11.0 Å². The molecule has 178 valence electrons. The highest BCUT2D eigenvalue weighted by Gasteiger charge is 2.43. The highest BCUT2D eigenvalue weighted by atomic mass is 79.9. The van der Waals surface area contributed by atoms with Crippen LogP contribution in [0, 0.1) is 12.8 Å². The van der Waals surface area contributed by atoms with Gasteiger partial charge in [0.15, 0.2) is 5.43 Å². The van der Waals surface area contributed by atoms with E-state index in [0.29, 0.717) is 40.5 Å². The number of carbonyl (C=O) groups is 1. The summed E-state index contributed by atoms with van der Waals surface area (Å²) in [5.41, 5.74) is 3.01. The van der Waals surface area contributed by atoms with Crippen molar-refractivity contribution in [1.29, 1.82) is 0 Å². The fourth-order valence-electron chi connectivity index (χ4n) is 4.46. The van der Waals surface area contributed by atoms with Gasteiger partial charge in [-0.1, -0.05) is 53.5 Å². The van der Waals surface area contributed by atoms with Gasteiger partial charge in [0, 0.05) is 10.2 Å². The van der Waals surface area contributed by atoms with Gasteiger partial charge in [0.25, 0.3) is 5.91 Å².